The van der Waals surface area contributed by atoms with Crippen LogP contribution < -0.4 is 5.32 Å². The van der Waals surface area contributed by atoms with Gasteiger partial charge in [0.05, 0.1) is 18.8 Å². The maximum atomic E-state index is 9.79. The summed E-state index contributed by atoms with van der Waals surface area (Å²) in [6.07, 6.45) is 7.21. The summed E-state index contributed by atoms with van der Waals surface area (Å²) >= 11 is 0. The number of hydrogen-bond acceptors (Lipinski definition) is 5. The Morgan fingerprint density at radius 1 is 1.53 bits per heavy atom. The fourth-order valence-corrected chi connectivity index (χ4v) is 2.33. The molecular weight excluding hydrogens is 244 g/mol. The fourth-order valence-electron chi connectivity index (χ4n) is 2.33. The Labute approximate surface area is 114 Å². The first-order chi connectivity index (χ1) is 9.24. The third-order valence-corrected chi connectivity index (χ3v) is 3.38. The zero-order valence-corrected chi connectivity index (χ0v) is 11.6. The topological polar surface area (TPSA) is 72.2 Å². The molecule has 1 fully saturated rings. The molecule has 0 saturated heterocycles. The monoisotopic (exact) mass is 268 g/mol. The summed E-state index contributed by atoms with van der Waals surface area (Å²) in [6.45, 7) is 1.75. The third-order valence-electron chi connectivity index (χ3n) is 3.38. The molecule has 1 heterocycles. The second kappa shape index (κ2) is 7.57. The molecule has 0 amide bonds. The summed E-state index contributed by atoms with van der Waals surface area (Å²) < 4.78 is 7.36. The van der Waals surface area contributed by atoms with Crippen molar-refractivity contribution in [3.63, 3.8) is 0 Å². The number of hydrogen-bond donors (Lipinski definition) is 2. The van der Waals surface area contributed by atoms with Gasteiger partial charge in [0, 0.05) is 26.6 Å². The van der Waals surface area contributed by atoms with Gasteiger partial charge in [0.2, 0.25) is 0 Å². The van der Waals surface area contributed by atoms with Crippen LogP contribution in [0.1, 0.15) is 31.5 Å². The first-order valence-electron chi connectivity index (χ1n) is 7.09. The summed E-state index contributed by atoms with van der Waals surface area (Å²) in [5.41, 5.74) is 0. The highest BCUT2D eigenvalue weighted by atomic mass is 16.5. The Morgan fingerprint density at radius 2 is 2.32 bits per heavy atom. The Bertz CT molecular complexity index is 363. The second-order valence-corrected chi connectivity index (χ2v) is 5.18. The zero-order chi connectivity index (χ0) is 13.5. The lowest BCUT2D eigenvalue weighted by atomic mass is 10.3. The van der Waals surface area contributed by atoms with E-state index in [0.717, 1.165) is 31.6 Å². The standard InChI is InChI=1S/C13H24N4O2/c1-17-10-15-13(16-17)6-7-14-8-11(18)9-19-12-4-2-3-5-12/h10-12,14,18H,2-9H2,1H3. The van der Waals surface area contributed by atoms with Crippen LogP contribution in [0.5, 0.6) is 0 Å². The van der Waals surface area contributed by atoms with Crippen LogP contribution in [-0.2, 0) is 18.2 Å². The lowest BCUT2D eigenvalue weighted by Crippen LogP contribution is -2.32. The van der Waals surface area contributed by atoms with Gasteiger partial charge in [-0.25, -0.2) is 4.98 Å². The van der Waals surface area contributed by atoms with E-state index in [1.54, 1.807) is 11.0 Å². The van der Waals surface area contributed by atoms with E-state index >= 15 is 0 Å². The molecule has 1 aromatic heterocycles. The van der Waals surface area contributed by atoms with E-state index in [9.17, 15) is 5.11 Å². The van der Waals surface area contributed by atoms with Crippen molar-refractivity contribution in [1.29, 1.82) is 0 Å². The van der Waals surface area contributed by atoms with Gasteiger partial charge < -0.3 is 15.2 Å². The highest BCUT2D eigenvalue weighted by Gasteiger charge is 2.16. The molecule has 1 aliphatic carbocycles. The maximum Gasteiger partial charge on any atom is 0.151 e. The summed E-state index contributed by atoms with van der Waals surface area (Å²) in [5.74, 6) is 0.826. The van der Waals surface area contributed by atoms with E-state index in [1.165, 1.54) is 12.8 Å². The predicted molar refractivity (Wildman–Crippen MR) is 71.8 cm³/mol. The molecule has 2 N–H and O–H groups in total. The third kappa shape index (κ3) is 5.26. The summed E-state index contributed by atoms with van der Waals surface area (Å²) in [6, 6.07) is 0. The van der Waals surface area contributed by atoms with Crippen LogP contribution in [0.2, 0.25) is 0 Å². The van der Waals surface area contributed by atoms with Gasteiger partial charge in [-0.15, -0.1) is 0 Å². The first kappa shape index (κ1) is 14.4. The molecule has 6 heteroatoms. The van der Waals surface area contributed by atoms with Crippen LogP contribution >= 0.6 is 0 Å². The summed E-state index contributed by atoms with van der Waals surface area (Å²) in [5, 5.41) is 17.2. The van der Waals surface area contributed by atoms with Crippen molar-refractivity contribution in [3.8, 4) is 0 Å². The maximum absolute atomic E-state index is 9.79. The molecule has 0 radical (unpaired) electrons. The van der Waals surface area contributed by atoms with E-state index in [4.69, 9.17) is 4.74 Å². The molecular formula is C13H24N4O2. The molecule has 1 unspecified atom stereocenters. The first-order valence-corrected chi connectivity index (χ1v) is 7.09. The molecule has 0 spiro atoms. The minimum atomic E-state index is -0.433. The van der Waals surface area contributed by atoms with Crippen molar-refractivity contribution in [2.45, 2.75) is 44.3 Å². The Balaban J connectivity index is 1.50. The number of aryl methyl sites for hydroxylation is 1. The molecule has 1 saturated carbocycles. The van der Waals surface area contributed by atoms with Crippen molar-refractivity contribution >= 4 is 0 Å². The lowest BCUT2D eigenvalue weighted by molar-refractivity contribution is -0.00531. The van der Waals surface area contributed by atoms with Gasteiger partial charge in [0.15, 0.2) is 5.82 Å². The number of rotatable bonds is 8. The van der Waals surface area contributed by atoms with Gasteiger partial charge in [-0.1, -0.05) is 12.8 Å². The Kier molecular flexibility index (Phi) is 5.75. The molecule has 0 aliphatic heterocycles. The molecule has 0 bridgehead atoms. The van der Waals surface area contributed by atoms with E-state index < -0.39 is 6.10 Å². The molecule has 2 rings (SSSR count). The van der Waals surface area contributed by atoms with Crippen LogP contribution in [0, 0.1) is 0 Å². The Hall–Kier alpha value is -0.980. The predicted octanol–water partition coefficient (Wildman–Crippen LogP) is 0.267. The largest absolute Gasteiger partial charge is 0.389 e. The molecule has 19 heavy (non-hydrogen) atoms. The minimum absolute atomic E-state index is 0.368. The molecule has 1 atom stereocenters. The van der Waals surface area contributed by atoms with Gasteiger partial charge >= 0.3 is 0 Å². The summed E-state index contributed by atoms with van der Waals surface area (Å²) in [7, 11) is 1.86. The van der Waals surface area contributed by atoms with Crippen LogP contribution in [0.15, 0.2) is 6.33 Å². The van der Waals surface area contributed by atoms with Gasteiger partial charge in [0.25, 0.3) is 0 Å². The number of aromatic nitrogens is 3. The van der Waals surface area contributed by atoms with Crippen LogP contribution in [0.25, 0.3) is 0 Å². The van der Waals surface area contributed by atoms with Gasteiger partial charge in [0.1, 0.15) is 6.33 Å². The highest BCUT2D eigenvalue weighted by molar-refractivity contribution is 4.82. The quantitative estimate of drug-likeness (QED) is 0.662. The van der Waals surface area contributed by atoms with E-state index in [1.807, 2.05) is 7.05 Å². The SMILES string of the molecule is Cn1cnc(CCNCC(O)COC2CCCC2)n1. The van der Waals surface area contributed by atoms with Crippen molar-refractivity contribution in [2.24, 2.45) is 7.05 Å². The number of nitrogens with one attached hydrogen (secondary N) is 1. The van der Waals surface area contributed by atoms with E-state index in [2.05, 4.69) is 15.4 Å². The van der Waals surface area contributed by atoms with Gasteiger partial charge in [-0.2, -0.15) is 5.10 Å². The van der Waals surface area contributed by atoms with E-state index in [-0.39, 0.29) is 0 Å². The molecule has 1 aromatic rings. The number of aliphatic hydroxyl groups is 1. The van der Waals surface area contributed by atoms with Crippen LogP contribution in [0.3, 0.4) is 0 Å². The zero-order valence-electron chi connectivity index (χ0n) is 11.6. The number of ether oxygens (including phenoxy) is 1. The number of nitrogens with zero attached hydrogens (tertiary/aromatic N) is 3. The normalized spacial score (nSPS) is 18.0. The number of aliphatic hydroxyl groups excluding tert-OH is 1. The summed E-state index contributed by atoms with van der Waals surface area (Å²) in [4.78, 5) is 4.15. The van der Waals surface area contributed by atoms with Gasteiger partial charge in [-0.3, -0.25) is 4.68 Å². The highest BCUT2D eigenvalue weighted by Crippen LogP contribution is 2.20. The molecule has 0 aromatic carbocycles. The average Bonchev–Trinajstić information content (AvgIpc) is 3.04. The lowest BCUT2D eigenvalue weighted by Gasteiger charge is -2.15. The van der Waals surface area contributed by atoms with Crippen molar-refractivity contribution < 1.29 is 9.84 Å². The average molecular weight is 268 g/mol. The fraction of sp³-hybridized carbons (Fsp3) is 0.846. The van der Waals surface area contributed by atoms with Crippen molar-refractivity contribution in [2.75, 3.05) is 19.7 Å². The van der Waals surface area contributed by atoms with Crippen molar-refractivity contribution in [1.82, 2.24) is 20.1 Å². The van der Waals surface area contributed by atoms with Crippen LogP contribution in [-0.4, -0.2) is 51.8 Å². The minimum Gasteiger partial charge on any atom is -0.389 e. The van der Waals surface area contributed by atoms with Crippen molar-refractivity contribution in [3.05, 3.63) is 12.2 Å². The van der Waals surface area contributed by atoms with Crippen LogP contribution in [0.4, 0.5) is 0 Å². The Morgan fingerprint density at radius 3 is 3.00 bits per heavy atom. The molecule has 6 nitrogen and oxygen atoms in total. The smallest absolute Gasteiger partial charge is 0.151 e. The second-order valence-electron chi connectivity index (χ2n) is 5.18. The molecule has 1 aliphatic rings. The van der Waals surface area contributed by atoms with E-state index in [0.29, 0.717) is 19.3 Å². The molecule has 108 valence electrons. The van der Waals surface area contributed by atoms with Gasteiger partial charge in [-0.05, 0) is 12.8 Å².